The predicted molar refractivity (Wildman–Crippen MR) is 104 cm³/mol. The quantitative estimate of drug-likeness (QED) is 0.762. The molecule has 6 heteroatoms. The van der Waals surface area contributed by atoms with Crippen molar-refractivity contribution in [2.75, 3.05) is 6.61 Å². The lowest BCUT2D eigenvalue weighted by Gasteiger charge is -2.29. The maximum Gasteiger partial charge on any atom is 0.245 e. The highest BCUT2D eigenvalue weighted by Gasteiger charge is 2.44. The van der Waals surface area contributed by atoms with Crippen LogP contribution < -0.4 is 0 Å². The third kappa shape index (κ3) is 3.96. The highest BCUT2D eigenvalue weighted by Crippen LogP contribution is 2.32. The third-order valence-electron chi connectivity index (χ3n) is 4.74. The number of benzene rings is 2. The summed E-state index contributed by atoms with van der Waals surface area (Å²) in [7, 11) is -3.65. The Morgan fingerprint density at radius 1 is 1.19 bits per heavy atom. The molecule has 0 amide bonds. The molecule has 0 N–H and O–H groups in total. The summed E-state index contributed by atoms with van der Waals surface area (Å²) in [4.78, 5) is 0.301. The molecule has 0 unspecified atom stereocenters. The predicted octanol–water partition coefficient (Wildman–Crippen LogP) is 4.26. The first-order chi connectivity index (χ1) is 12.3. The van der Waals surface area contributed by atoms with Crippen LogP contribution in [0.4, 0.5) is 0 Å². The van der Waals surface area contributed by atoms with Gasteiger partial charge in [-0.2, -0.15) is 4.31 Å². The Morgan fingerprint density at radius 3 is 2.50 bits per heavy atom. The van der Waals surface area contributed by atoms with Crippen LogP contribution in [0.3, 0.4) is 0 Å². The fraction of sp³-hybridized carbons (Fsp3) is 0.400. The van der Waals surface area contributed by atoms with Crippen LogP contribution in [-0.4, -0.2) is 31.6 Å². The second kappa shape index (κ2) is 7.69. The Labute approximate surface area is 160 Å². The second-order valence-electron chi connectivity index (χ2n) is 7.08. The van der Waals surface area contributed by atoms with Crippen LogP contribution in [0.15, 0.2) is 53.4 Å². The maximum atomic E-state index is 13.3. The average Bonchev–Trinajstić information content (AvgIpc) is 3.00. The van der Waals surface area contributed by atoms with Gasteiger partial charge in [0.05, 0.1) is 17.5 Å². The SMILES string of the molecule is Cc1ccc(S(=O)(=O)N2[C@H](Cc3cccc(Cl)c3)OC[C@@H]2C(C)C)cc1. The molecule has 1 aliphatic rings. The van der Waals surface area contributed by atoms with E-state index in [0.717, 1.165) is 11.1 Å². The van der Waals surface area contributed by atoms with Crippen LogP contribution in [0.1, 0.15) is 25.0 Å². The molecule has 1 fully saturated rings. The van der Waals surface area contributed by atoms with E-state index >= 15 is 0 Å². The largest absolute Gasteiger partial charge is 0.360 e. The van der Waals surface area contributed by atoms with E-state index in [2.05, 4.69) is 0 Å². The normalized spacial score (nSPS) is 21.4. The van der Waals surface area contributed by atoms with Crippen molar-refractivity contribution in [2.24, 2.45) is 5.92 Å². The van der Waals surface area contributed by atoms with Gasteiger partial charge >= 0.3 is 0 Å². The summed E-state index contributed by atoms with van der Waals surface area (Å²) < 4.78 is 34.2. The van der Waals surface area contributed by atoms with Gasteiger partial charge in [0.15, 0.2) is 0 Å². The van der Waals surface area contributed by atoms with Gasteiger partial charge in [-0.15, -0.1) is 0 Å². The van der Waals surface area contributed by atoms with Gasteiger partial charge in [0.25, 0.3) is 0 Å². The zero-order valence-electron chi connectivity index (χ0n) is 15.2. The van der Waals surface area contributed by atoms with E-state index in [1.807, 2.05) is 51.1 Å². The maximum absolute atomic E-state index is 13.3. The lowest BCUT2D eigenvalue weighted by atomic mass is 10.1. The van der Waals surface area contributed by atoms with Gasteiger partial charge in [-0.1, -0.05) is 55.3 Å². The molecule has 0 aliphatic carbocycles. The highest BCUT2D eigenvalue weighted by atomic mass is 35.5. The number of nitrogens with zero attached hydrogens (tertiary/aromatic N) is 1. The molecule has 2 aromatic carbocycles. The van der Waals surface area contributed by atoms with Crippen molar-refractivity contribution < 1.29 is 13.2 Å². The average molecular weight is 394 g/mol. The van der Waals surface area contributed by atoms with E-state index in [1.165, 1.54) is 0 Å². The van der Waals surface area contributed by atoms with Crippen molar-refractivity contribution in [1.29, 1.82) is 0 Å². The summed E-state index contributed by atoms with van der Waals surface area (Å²) >= 11 is 6.07. The van der Waals surface area contributed by atoms with Crippen LogP contribution in [0.2, 0.25) is 5.02 Å². The third-order valence-corrected chi connectivity index (χ3v) is 6.90. The van der Waals surface area contributed by atoms with E-state index < -0.39 is 16.3 Å². The van der Waals surface area contributed by atoms with Crippen molar-refractivity contribution in [1.82, 2.24) is 4.31 Å². The molecule has 140 valence electrons. The highest BCUT2D eigenvalue weighted by molar-refractivity contribution is 7.89. The van der Waals surface area contributed by atoms with Gasteiger partial charge in [-0.25, -0.2) is 8.42 Å². The fourth-order valence-corrected chi connectivity index (χ4v) is 5.28. The summed E-state index contributed by atoms with van der Waals surface area (Å²) in [5.41, 5.74) is 1.98. The van der Waals surface area contributed by atoms with Crippen molar-refractivity contribution in [3.63, 3.8) is 0 Å². The number of rotatable bonds is 5. The summed E-state index contributed by atoms with van der Waals surface area (Å²) in [5.74, 6) is 0.152. The Morgan fingerprint density at radius 2 is 1.88 bits per heavy atom. The molecule has 26 heavy (non-hydrogen) atoms. The van der Waals surface area contributed by atoms with E-state index in [1.54, 1.807) is 22.5 Å². The van der Waals surface area contributed by atoms with Gasteiger partial charge in [-0.05, 0) is 42.7 Å². The summed E-state index contributed by atoms with van der Waals surface area (Å²) in [5, 5.41) is 0.633. The molecule has 2 aromatic rings. The van der Waals surface area contributed by atoms with Gasteiger partial charge in [0.2, 0.25) is 10.0 Å². The minimum Gasteiger partial charge on any atom is -0.360 e. The lowest BCUT2D eigenvalue weighted by Crippen LogP contribution is -2.45. The first-order valence-corrected chi connectivity index (χ1v) is 10.6. The van der Waals surface area contributed by atoms with Crippen LogP contribution in [-0.2, 0) is 21.2 Å². The molecular weight excluding hydrogens is 370 g/mol. The first kappa shape index (κ1) is 19.4. The zero-order valence-corrected chi connectivity index (χ0v) is 16.8. The monoisotopic (exact) mass is 393 g/mol. The molecule has 0 spiro atoms. The van der Waals surface area contributed by atoms with Crippen molar-refractivity contribution in [3.05, 3.63) is 64.7 Å². The van der Waals surface area contributed by atoms with E-state index in [9.17, 15) is 8.42 Å². The number of ether oxygens (including phenoxy) is 1. The fourth-order valence-electron chi connectivity index (χ4n) is 3.24. The van der Waals surface area contributed by atoms with Gasteiger partial charge in [0, 0.05) is 11.4 Å². The van der Waals surface area contributed by atoms with Crippen LogP contribution in [0, 0.1) is 12.8 Å². The molecule has 2 atom stereocenters. The van der Waals surface area contributed by atoms with E-state index in [0.29, 0.717) is 22.9 Å². The van der Waals surface area contributed by atoms with Crippen molar-refractivity contribution in [2.45, 2.75) is 44.4 Å². The van der Waals surface area contributed by atoms with E-state index in [4.69, 9.17) is 16.3 Å². The van der Waals surface area contributed by atoms with Gasteiger partial charge < -0.3 is 4.74 Å². The van der Waals surface area contributed by atoms with Crippen molar-refractivity contribution in [3.8, 4) is 0 Å². The Hall–Kier alpha value is -1.40. The van der Waals surface area contributed by atoms with Gasteiger partial charge in [-0.3, -0.25) is 0 Å². The number of sulfonamides is 1. The molecular formula is C20H24ClNO3S. The molecule has 1 heterocycles. The van der Waals surface area contributed by atoms with Crippen LogP contribution in [0.5, 0.6) is 0 Å². The number of hydrogen-bond acceptors (Lipinski definition) is 3. The molecule has 0 saturated carbocycles. The molecule has 3 rings (SSSR count). The summed E-state index contributed by atoms with van der Waals surface area (Å²) in [6, 6.07) is 14.2. The smallest absolute Gasteiger partial charge is 0.245 e. The van der Waals surface area contributed by atoms with E-state index in [-0.39, 0.29) is 12.0 Å². The van der Waals surface area contributed by atoms with Crippen LogP contribution >= 0.6 is 11.6 Å². The molecule has 0 bridgehead atoms. The molecule has 1 aliphatic heterocycles. The number of halogens is 1. The zero-order chi connectivity index (χ0) is 18.9. The minimum atomic E-state index is -3.65. The Balaban J connectivity index is 1.96. The summed E-state index contributed by atoms with van der Waals surface area (Å²) in [6.45, 7) is 6.38. The standard InChI is InChI=1S/C20H24ClNO3S/c1-14(2)19-13-25-20(12-16-5-4-6-17(21)11-16)22(19)26(23,24)18-9-7-15(3)8-10-18/h4-11,14,19-20H,12-13H2,1-3H3/t19-,20+/m1/s1. The first-order valence-electron chi connectivity index (χ1n) is 8.75. The lowest BCUT2D eigenvalue weighted by molar-refractivity contribution is 0.0687. The summed E-state index contributed by atoms with van der Waals surface area (Å²) in [6.07, 6.45) is -0.0679. The van der Waals surface area contributed by atoms with Gasteiger partial charge in [0.1, 0.15) is 6.23 Å². The minimum absolute atomic E-state index is 0.152. The second-order valence-corrected chi connectivity index (χ2v) is 9.36. The number of aryl methyl sites for hydroxylation is 1. The van der Waals surface area contributed by atoms with Crippen LogP contribution in [0.25, 0.3) is 0 Å². The Kier molecular flexibility index (Phi) is 5.72. The molecule has 0 radical (unpaired) electrons. The molecule has 0 aromatic heterocycles. The molecule has 1 saturated heterocycles. The Bertz CT molecular complexity index is 865. The molecule has 4 nitrogen and oxygen atoms in total. The number of hydrogen-bond donors (Lipinski definition) is 0. The topological polar surface area (TPSA) is 46.6 Å². The van der Waals surface area contributed by atoms with Crippen molar-refractivity contribution >= 4 is 21.6 Å².